The van der Waals surface area contributed by atoms with Crippen LogP contribution in [0.4, 0.5) is 5.82 Å². The second kappa shape index (κ2) is 8.71. The first-order valence-electron chi connectivity index (χ1n) is 10.8. The van der Waals surface area contributed by atoms with Gasteiger partial charge in [-0.05, 0) is 55.3 Å². The predicted molar refractivity (Wildman–Crippen MR) is 126 cm³/mol. The Bertz CT molecular complexity index is 1260. The molecule has 0 fully saturated rings. The molecule has 1 amide bonds. The molecule has 2 aromatic heterocycles. The summed E-state index contributed by atoms with van der Waals surface area (Å²) < 4.78 is 5.58. The number of hydrogen-bond acceptors (Lipinski definition) is 5. The number of halogens is 1. The van der Waals surface area contributed by atoms with E-state index in [1.807, 2.05) is 31.2 Å². The molecule has 7 heteroatoms. The molecule has 6 nitrogen and oxygen atoms in total. The van der Waals surface area contributed by atoms with E-state index < -0.39 is 5.92 Å². The van der Waals surface area contributed by atoms with Crippen LogP contribution in [-0.4, -0.2) is 16.7 Å². The molecule has 0 saturated heterocycles. The summed E-state index contributed by atoms with van der Waals surface area (Å²) in [4.78, 5) is 31.1. The number of amides is 1. The van der Waals surface area contributed by atoms with Gasteiger partial charge in [0.2, 0.25) is 0 Å². The Morgan fingerprint density at radius 3 is 2.64 bits per heavy atom. The minimum atomic E-state index is -0.507. The van der Waals surface area contributed by atoms with E-state index in [0.717, 1.165) is 17.0 Å². The zero-order valence-corrected chi connectivity index (χ0v) is 18.7. The van der Waals surface area contributed by atoms with E-state index in [9.17, 15) is 9.59 Å². The van der Waals surface area contributed by atoms with E-state index >= 15 is 0 Å². The molecule has 2 atom stereocenters. The number of nitrogens with one attached hydrogen (secondary N) is 2. The summed E-state index contributed by atoms with van der Waals surface area (Å²) in [6.45, 7) is 1.86. The first-order chi connectivity index (χ1) is 16.0. The molecule has 0 unspecified atom stereocenters. The van der Waals surface area contributed by atoms with Gasteiger partial charge < -0.3 is 15.1 Å². The van der Waals surface area contributed by atoms with Crippen molar-refractivity contribution in [1.82, 2.24) is 10.3 Å². The van der Waals surface area contributed by atoms with Crippen molar-refractivity contribution in [3.8, 4) is 0 Å². The smallest absolute Gasteiger partial charge is 0.255 e. The SMILES string of the molecule is CC1=C(C(=O)Nc2ccccn2)[C@@H](c2ccc(Cl)cc2)C2=C(C[C@@H](c3ccco3)CC2=O)N1. The molecular formula is C26H22ClN3O3. The largest absolute Gasteiger partial charge is 0.469 e. The van der Waals surface area contributed by atoms with Crippen molar-refractivity contribution in [1.29, 1.82) is 0 Å². The highest BCUT2D eigenvalue weighted by Crippen LogP contribution is 2.45. The summed E-state index contributed by atoms with van der Waals surface area (Å²) in [7, 11) is 0. The summed E-state index contributed by atoms with van der Waals surface area (Å²) in [5, 5.41) is 6.82. The molecule has 5 rings (SSSR count). The normalized spacial score (nSPS) is 20.4. The van der Waals surface area contributed by atoms with Crippen molar-refractivity contribution in [2.45, 2.75) is 31.6 Å². The number of pyridine rings is 1. The third-order valence-electron chi connectivity index (χ3n) is 6.13. The van der Waals surface area contributed by atoms with E-state index in [-0.39, 0.29) is 17.6 Å². The molecule has 1 aliphatic heterocycles. The number of aromatic nitrogens is 1. The molecular weight excluding hydrogens is 438 g/mol. The Morgan fingerprint density at radius 2 is 1.94 bits per heavy atom. The lowest BCUT2D eigenvalue weighted by Gasteiger charge is -2.36. The van der Waals surface area contributed by atoms with Gasteiger partial charge in [-0.3, -0.25) is 9.59 Å². The average Bonchev–Trinajstić information content (AvgIpc) is 3.34. The van der Waals surface area contributed by atoms with E-state index in [1.54, 1.807) is 42.8 Å². The van der Waals surface area contributed by atoms with Crippen LogP contribution in [0.3, 0.4) is 0 Å². The van der Waals surface area contributed by atoms with E-state index in [1.165, 1.54) is 0 Å². The van der Waals surface area contributed by atoms with Crippen LogP contribution in [0.5, 0.6) is 0 Å². The second-order valence-corrected chi connectivity index (χ2v) is 8.69. The first-order valence-corrected chi connectivity index (χ1v) is 11.1. The molecule has 2 aliphatic rings. The fourth-order valence-corrected chi connectivity index (χ4v) is 4.80. The maximum Gasteiger partial charge on any atom is 0.255 e. The first kappa shape index (κ1) is 21.2. The van der Waals surface area contributed by atoms with Crippen molar-refractivity contribution >= 4 is 29.1 Å². The summed E-state index contributed by atoms with van der Waals surface area (Å²) in [5.74, 6) is 0.394. The van der Waals surface area contributed by atoms with E-state index in [2.05, 4.69) is 15.6 Å². The van der Waals surface area contributed by atoms with Gasteiger partial charge in [0.1, 0.15) is 11.6 Å². The van der Waals surface area contributed by atoms with Gasteiger partial charge in [-0.25, -0.2) is 4.98 Å². The van der Waals surface area contributed by atoms with Crippen LogP contribution in [0.1, 0.15) is 42.9 Å². The summed E-state index contributed by atoms with van der Waals surface area (Å²) in [5.41, 5.74) is 3.49. The molecule has 3 heterocycles. The Hall–Kier alpha value is -3.64. The predicted octanol–water partition coefficient (Wildman–Crippen LogP) is 5.33. The molecule has 166 valence electrons. The Kier molecular flexibility index (Phi) is 5.60. The van der Waals surface area contributed by atoms with Crippen LogP contribution in [0, 0.1) is 0 Å². The number of allylic oxidation sites excluding steroid dienone is 3. The van der Waals surface area contributed by atoms with Crippen LogP contribution in [-0.2, 0) is 9.59 Å². The van der Waals surface area contributed by atoms with Gasteiger partial charge in [0, 0.05) is 52.0 Å². The van der Waals surface area contributed by atoms with Gasteiger partial charge in [-0.1, -0.05) is 29.8 Å². The van der Waals surface area contributed by atoms with Crippen LogP contribution in [0.15, 0.2) is 94.0 Å². The monoisotopic (exact) mass is 459 g/mol. The number of ketones is 1. The lowest BCUT2D eigenvalue weighted by Crippen LogP contribution is -2.37. The molecule has 0 spiro atoms. The number of dihydropyridines is 1. The lowest BCUT2D eigenvalue weighted by atomic mass is 9.72. The third-order valence-corrected chi connectivity index (χ3v) is 6.38. The van der Waals surface area contributed by atoms with Gasteiger partial charge in [0.25, 0.3) is 5.91 Å². The van der Waals surface area contributed by atoms with Crippen molar-refractivity contribution in [2.24, 2.45) is 0 Å². The number of anilines is 1. The highest BCUT2D eigenvalue weighted by Gasteiger charge is 2.41. The van der Waals surface area contributed by atoms with Gasteiger partial charge >= 0.3 is 0 Å². The minimum Gasteiger partial charge on any atom is -0.469 e. The minimum absolute atomic E-state index is 0.000682. The number of nitrogens with zero attached hydrogens (tertiary/aromatic N) is 1. The number of carbonyl (C=O) groups is 2. The molecule has 2 N–H and O–H groups in total. The number of Topliss-reactive ketones (excluding diaryl/α,β-unsaturated/α-hetero) is 1. The third kappa shape index (κ3) is 4.10. The van der Waals surface area contributed by atoms with Crippen LogP contribution in [0.2, 0.25) is 5.02 Å². The Morgan fingerprint density at radius 1 is 1.12 bits per heavy atom. The van der Waals surface area contributed by atoms with E-state index in [4.69, 9.17) is 16.0 Å². The topological polar surface area (TPSA) is 84.2 Å². The van der Waals surface area contributed by atoms with Gasteiger partial charge in [0.05, 0.1) is 6.26 Å². The zero-order chi connectivity index (χ0) is 22.9. The Labute approximate surface area is 196 Å². The number of hydrogen-bond donors (Lipinski definition) is 2. The highest BCUT2D eigenvalue weighted by molar-refractivity contribution is 6.30. The van der Waals surface area contributed by atoms with Crippen LogP contribution >= 0.6 is 11.6 Å². The average molecular weight is 460 g/mol. The van der Waals surface area contributed by atoms with Crippen molar-refractivity contribution in [3.05, 3.63) is 106 Å². The van der Waals surface area contributed by atoms with Crippen molar-refractivity contribution in [2.75, 3.05) is 5.32 Å². The van der Waals surface area contributed by atoms with E-state index in [0.29, 0.717) is 40.5 Å². The van der Waals surface area contributed by atoms with Crippen molar-refractivity contribution < 1.29 is 14.0 Å². The maximum absolute atomic E-state index is 13.5. The maximum atomic E-state index is 13.5. The summed E-state index contributed by atoms with van der Waals surface area (Å²) in [6, 6.07) is 16.4. The molecule has 33 heavy (non-hydrogen) atoms. The molecule has 1 aliphatic carbocycles. The fourth-order valence-electron chi connectivity index (χ4n) is 4.67. The number of carbonyl (C=O) groups excluding carboxylic acids is 2. The molecule has 1 aromatic carbocycles. The second-order valence-electron chi connectivity index (χ2n) is 8.25. The number of rotatable bonds is 4. The van der Waals surface area contributed by atoms with Gasteiger partial charge in [0.15, 0.2) is 5.78 Å². The number of benzene rings is 1. The zero-order valence-electron chi connectivity index (χ0n) is 18.0. The Balaban J connectivity index is 1.57. The van der Waals surface area contributed by atoms with Crippen molar-refractivity contribution in [3.63, 3.8) is 0 Å². The fraction of sp³-hybridized carbons (Fsp3) is 0.192. The van der Waals surface area contributed by atoms with Gasteiger partial charge in [-0.15, -0.1) is 0 Å². The molecule has 0 saturated carbocycles. The molecule has 0 radical (unpaired) electrons. The summed E-state index contributed by atoms with van der Waals surface area (Å²) >= 11 is 6.13. The van der Waals surface area contributed by atoms with Crippen LogP contribution < -0.4 is 10.6 Å². The molecule has 0 bridgehead atoms. The van der Waals surface area contributed by atoms with Gasteiger partial charge in [-0.2, -0.15) is 0 Å². The lowest BCUT2D eigenvalue weighted by molar-refractivity contribution is -0.116. The highest BCUT2D eigenvalue weighted by atomic mass is 35.5. The summed E-state index contributed by atoms with van der Waals surface area (Å²) in [6.07, 6.45) is 4.20. The number of furan rings is 1. The quantitative estimate of drug-likeness (QED) is 0.551. The molecule has 3 aromatic rings. The van der Waals surface area contributed by atoms with Crippen LogP contribution in [0.25, 0.3) is 0 Å². The standard InChI is InChI=1S/C26H22ClN3O3/c1-15-23(26(32)30-22-6-2-3-11-28-22)24(16-7-9-18(27)10-8-16)25-19(29-15)13-17(14-20(25)31)21-5-4-12-33-21/h2-12,17,24,29H,13-14H2,1H3,(H,28,30,32)/t17-,24-/m1/s1.